The van der Waals surface area contributed by atoms with Gasteiger partial charge in [-0.3, -0.25) is 47.8 Å². The summed E-state index contributed by atoms with van der Waals surface area (Å²) in [5.41, 5.74) is -0.543. The molecule has 7 fully saturated rings. The average Bonchev–Trinajstić information content (AvgIpc) is 1.58. The Morgan fingerprint density at radius 1 is 0.575 bits per heavy atom. The zero-order valence-corrected chi connectivity index (χ0v) is 63.1. The van der Waals surface area contributed by atoms with Crippen LogP contribution in [0.4, 0.5) is 0 Å². The molecule has 10 bridgehead atoms. The van der Waals surface area contributed by atoms with Gasteiger partial charge in [0.25, 0.3) is 0 Å². The Morgan fingerprint density at radius 3 is 1.67 bits per heavy atom. The number of carbonyl (C=O) groups excluding carboxylic acids is 8. The summed E-state index contributed by atoms with van der Waals surface area (Å²) in [4.78, 5) is 124. The van der Waals surface area contributed by atoms with Gasteiger partial charge in [0.1, 0.15) is 23.7 Å². The van der Waals surface area contributed by atoms with Gasteiger partial charge in [-0.2, -0.15) is 0 Å². The van der Waals surface area contributed by atoms with E-state index in [1.54, 1.807) is 31.5 Å². The molecule has 0 spiro atoms. The van der Waals surface area contributed by atoms with Gasteiger partial charge in [0, 0.05) is 66.2 Å². The number of rotatable bonds is 8. The number of amides is 4. The SMILES string of the molecule is COc1cc2ccnc3c2cc1/C=C/C[C@H](C)COC(=O)C[C@H]1CCCCC/C=C\[C@@H]2C[C@@]2(C(=O)NS(=O)(=O)C2CC2)CC(=O)[C@@H]2C[C@H](CN2C1=O)O3.COc1cc2ccnc3c2cc1CCC[C@H](C)COC(=O)C[C@H]1CCCCCCC[C@@H]2C[C@@]2(C(=O)NS(=O)(=O)C2CC2)CC(=O)[C@@H]2C[C@H](CN2C1=O)O3. The molecule has 572 valence electrons. The maximum Gasteiger partial charge on any atom is 0.306 e. The van der Waals surface area contributed by atoms with Gasteiger partial charge < -0.3 is 38.2 Å². The molecule has 10 aliphatic rings. The highest BCUT2D eigenvalue weighted by atomic mass is 32.2. The van der Waals surface area contributed by atoms with Crippen LogP contribution in [0.15, 0.2) is 67.0 Å². The number of carbonyl (C=O) groups is 8. The number of methoxy groups -OCH3 is 2. The van der Waals surface area contributed by atoms with Crippen molar-refractivity contribution in [3.8, 4) is 23.3 Å². The number of allylic oxidation sites excluding steroid dienone is 3. The number of nitrogens with zero attached hydrogens (tertiary/aromatic N) is 4. The number of Topliss-reactive ketones (excluding diaryl/α,β-unsaturated/α-hetero) is 2. The molecule has 8 heterocycles. The number of ether oxygens (including phenoxy) is 6. The summed E-state index contributed by atoms with van der Waals surface area (Å²) >= 11 is 0. The number of sulfonamides is 2. The van der Waals surface area contributed by atoms with E-state index < -0.39 is 101 Å². The van der Waals surface area contributed by atoms with E-state index in [4.69, 9.17) is 28.4 Å². The van der Waals surface area contributed by atoms with Crippen LogP contribution in [0.3, 0.4) is 0 Å². The third-order valence-corrected chi connectivity index (χ3v) is 27.3. The van der Waals surface area contributed by atoms with Crippen LogP contribution in [0.2, 0.25) is 0 Å². The molecule has 4 amide bonds. The first-order valence-corrected chi connectivity index (χ1v) is 41.7. The summed E-state index contributed by atoms with van der Waals surface area (Å²) in [5.74, 6) is -2.85. The average molecular weight is 1500 g/mol. The van der Waals surface area contributed by atoms with Gasteiger partial charge in [-0.15, -0.1) is 0 Å². The quantitative estimate of drug-likeness (QED) is 0.122. The van der Waals surface area contributed by atoms with Crippen molar-refractivity contribution in [3.05, 3.63) is 78.1 Å². The molecule has 26 heteroatoms. The molecule has 2 aromatic heterocycles. The summed E-state index contributed by atoms with van der Waals surface area (Å²) in [6, 6.07) is 9.78. The van der Waals surface area contributed by atoms with Crippen molar-refractivity contribution in [2.24, 2.45) is 46.3 Å². The second-order valence-electron chi connectivity index (χ2n) is 31.9. The fourth-order valence-corrected chi connectivity index (χ4v) is 19.7. The van der Waals surface area contributed by atoms with Gasteiger partial charge >= 0.3 is 11.9 Å². The monoisotopic (exact) mass is 1500 g/mol. The van der Waals surface area contributed by atoms with Crippen molar-refractivity contribution in [1.29, 1.82) is 0 Å². The number of hydrogen-bond acceptors (Lipinski definition) is 20. The molecule has 4 aliphatic carbocycles. The molecule has 0 radical (unpaired) electrons. The lowest BCUT2D eigenvalue weighted by atomic mass is 9.90. The summed E-state index contributed by atoms with van der Waals surface area (Å²) in [6.07, 6.45) is 24.9. The number of pyridine rings is 2. The summed E-state index contributed by atoms with van der Waals surface area (Å²) in [6.45, 7) is 4.68. The number of nitrogens with one attached hydrogen (secondary N) is 2. The molecule has 12 atom stereocenters. The Balaban J connectivity index is 0.000000188. The molecule has 14 rings (SSSR count). The number of aryl methyl sites for hydroxylation is 1. The van der Waals surface area contributed by atoms with Gasteiger partial charge in [-0.05, 0) is 173 Å². The second kappa shape index (κ2) is 32.4. The minimum absolute atomic E-state index is 0.0224. The van der Waals surface area contributed by atoms with Crippen LogP contribution in [0.1, 0.15) is 198 Å². The lowest BCUT2D eigenvalue weighted by molar-refractivity contribution is -0.151. The van der Waals surface area contributed by atoms with E-state index >= 15 is 0 Å². The van der Waals surface area contributed by atoms with E-state index in [2.05, 4.69) is 19.4 Å². The predicted molar refractivity (Wildman–Crippen MR) is 394 cm³/mol. The molecule has 3 saturated heterocycles. The van der Waals surface area contributed by atoms with E-state index in [9.17, 15) is 55.2 Å². The smallest absolute Gasteiger partial charge is 0.306 e. The molecule has 24 nitrogen and oxygen atoms in total. The normalized spacial score (nSPS) is 30.9. The summed E-state index contributed by atoms with van der Waals surface area (Å²) in [5, 5.41) is 2.13. The number of fused-ring (bicyclic) bond motifs is 8. The minimum Gasteiger partial charge on any atom is -0.496 e. The van der Waals surface area contributed by atoms with E-state index in [1.165, 1.54) is 4.90 Å². The number of esters is 2. The number of hydrogen-bond donors (Lipinski definition) is 2. The second-order valence-corrected chi connectivity index (χ2v) is 35.8. The van der Waals surface area contributed by atoms with Crippen molar-refractivity contribution < 1.29 is 83.6 Å². The molecule has 106 heavy (non-hydrogen) atoms. The molecule has 4 aromatic rings. The van der Waals surface area contributed by atoms with Crippen LogP contribution >= 0.6 is 0 Å². The van der Waals surface area contributed by atoms with Crippen LogP contribution in [-0.4, -0.2) is 159 Å². The van der Waals surface area contributed by atoms with E-state index in [-0.39, 0.29) is 112 Å². The van der Waals surface area contributed by atoms with Gasteiger partial charge in [0.05, 0.1) is 86.8 Å². The van der Waals surface area contributed by atoms with Crippen LogP contribution in [-0.2, 0) is 74.3 Å². The van der Waals surface area contributed by atoms with E-state index in [0.29, 0.717) is 81.7 Å². The topological polar surface area (TPSA) is 317 Å². The Hall–Kier alpha value is -8.00. The van der Waals surface area contributed by atoms with Crippen molar-refractivity contribution in [2.75, 3.05) is 40.5 Å². The lowest BCUT2D eigenvalue weighted by Crippen LogP contribution is -2.46. The van der Waals surface area contributed by atoms with Crippen LogP contribution in [0.5, 0.6) is 23.3 Å². The molecular weight excluding hydrogens is 1400 g/mol. The Kier molecular flexibility index (Phi) is 23.3. The first kappa shape index (κ1) is 76.2. The first-order chi connectivity index (χ1) is 50.9. The fraction of sp³-hybridized carbons (Fsp3) is 0.625. The molecule has 2 aromatic carbocycles. The van der Waals surface area contributed by atoms with Crippen molar-refractivity contribution >= 4 is 94.8 Å². The lowest BCUT2D eigenvalue weighted by Gasteiger charge is -2.29. The summed E-state index contributed by atoms with van der Waals surface area (Å²) < 4.78 is 92.1. The van der Waals surface area contributed by atoms with Gasteiger partial charge in [-0.25, -0.2) is 26.8 Å². The molecule has 0 unspecified atom stereocenters. The largest absolute Gasteiger partial charge is 0.496 e. The maximum atomic E-state index is 14.6. The number of aromatic nitrogens is 2. The number of cyclic esters (lactones) is 2. The van der Waals surface area contributed by atoms with Crippen molar-refractivity contribution in [3.63, 3.8) is 0 Å². The Labute approximate surface area is 621 Å². The highest BCUT2D eigenvalue weighted by Crippen LogP contribution is 2.60. The molecule has 4 saturated carbocycles. The summed E-state index contributed by atoms with van der Waals surface area (Å²) in [7, 11) is -4.39. The van der Waals surface area contributed by atoms with Crippen molar-refractivity contribution in [1.82, 2.24) is 29.2 Å². The third kappa shape index (κ3) is 17.6. The van der Waals surface area contributed by atoms with Crippen LogP contribution in [0, 0.1) is 46.3 Å². The van der Waals surface area contributed by atoms with E-state index in [1.807, 2.05) is 74.5 Å². The Morgan fingerprint density at radius 2 is 1.09 bits per heavy atom. The van der Waals surface area contributed by atoms with Crippen molar-refractivity contribution in [2.45, 2.75) is 228 Å². The minimum atomic E-state index is -3.84. The zero-order valence-electron chi connectivity index (χ0n) is 61.4. The standard InChI is InChI=1S/C40H53N3O9S.C40H49N3O9S/c2*1-25-9-8-11-27-17-32-26(18-35(27)50-2)15-16-41-37(32)52-30-20-33-34(44)22-40(39(47)42-53(48,49)31-13-14-31)21-29(40)12-7-5-3-4-6-10-28(19-36(45)51-24-25)38(46)43(33)23-30/h15-18,25,28-31,33H,3-14,19-24H2,1-2H3,(H,42,47);7-8,11-12,15-18,25,28-31,33H,3-6,9-10,13-14,19-24H2,1-2H3,(H,42,47)/b;11-8+,12-7-/t2*25-,28+,29+,30+,33-,40+/m00/s1. The maximum absolute atomic E-state index is 14.6. The zero-order chi connectivity index (χ0) is 74.7. The first-order valence-electron chi connectivity index (χ1n) is 38.6. The molecule has 2 N–H and O–H groups in total. The number of ketones is 2. The molecule has 6 aliphatic heterocycles. The van der Waals surface area contributed by atoms with E-state index in [0.717, 1.165) is 115 Å². The van der Waals surface area contributed by atoms with Crippen LogP contribution in [0.25, 0.3) is 27.6 Å². The predicted octanol–water partition coefficient (Wildman–Crippen LogP) is 10.7. The van der Waals surface area contributed by atoms with Gasteiger partial charge in [0.15, 0.2) is 11.6 Å². The molecular formula is C80H102N6O18S2. The third-order valence-electron chi connectivity index (χ3n) is 23.7. The highest BCUT2D eigenvalue weighted by Gasteiger charge is 2.63. The fourth-order valence-electron chi connectivity index (χ4n) is 16.9. The van der Waals surface area contributed by atoms with Gasteiger partial charge in [0.2, 0.25) is 55.4 Å². The highest BCUT2D eigenvalue weighted by molar-refractivity contribution is 7.91. The number of benzene rings is 2. The van der Waals surface area contributed by atoms with Crippen LogP contribution < -0.4 is 28.4 Å². The Bertz CT molecular complexity index is 4330. The van der Waals surface area contributed by atoms with Gasteiger partial charge in [-0.1, -0.05) is 83.1 Å².